The summed E-state index contributed by atoms with van der Waals surface area (Å²) in [5, 5.41) is 8.75. The van der Waals surface area contributed by atoms with Gasteiger partial charge >= 0.3 is 6.03 Å². The fourth-order valence-corrected chi connectivity index (χ4v) is 3.69. The van der Waals surface area contributed by atoms with E-state index in [1.165, 1.54) is 7.11 Å². The van der Waals surface area contributed by atoms with Gasteiger partial charge in [0.1, 0.15) is 5.92 Å². The number of urea groups is 1. The van der Waals surface area contributed by atoms with Crippen LogP contribution in [0.25, 0.3) is 0 Å². The van der Waals surface area contributed by atoms with E-state index in [-0.39, 0.29) is 5.91 Å². The molecule has 7 nitrogen and oxygen atoms in total. The Morgan fingerprint density at radius 2 is 2.00 bits per heavy atom. The Morgan fingerprint density at radius 1 is 1.26 bits per heavy atom. The van der Waals surface area contributed by atoms with E-state index >= 15 is 0 Å². The summed E-state index contributed by atoms with van der Waals surface area (Å²) < 4.78 is 11.4. The molecule has 2 aromatic carbocycles. The summed E-state index contributed by atoms with van der Waals surface area (Å²) in [7, 11) is 1.51. The van der Waals surface area contributed by atoms with Crippen LogP contribution in [0.3, 0.4) is 0 Å². The molecule has 3 amide bonds. The highest BCUT2D eigenvalue weighted by atomic mass is 35.5. The lowest BCUT2D eigenvalue weighted by Crippen LogP contribution is -2.53. The third-order valence-corrected chi connectivity index (χ3v) is 5.13. The van der Waals surface area contributed by atoms with Gasteiger partial charge in [0.2, 0.25) is 5.91 Å². The number of ether oxygens (including phenoxy) is 2. The number of rotatable bonds is 8. The van der Waals surface area contributed by atoms with Crippen LogP contribution in [0.2, 0.25) is 5.02 Å². The van der Waals surface area contributed by atoms with Crippen LogP contribution in [0.4, 0.5) is 4.79 Å². The van der Waals surface area contributed by atoms with E-state index in [4.69, 9.17) is 21.1 Å². The maximum absolute atomic E-state index is 13.2. The number of carbonyl (C=O) groups is 2. The van der Waals surface area contributed by atoms with Crippen molar-refractivity contribution in [1.82, 2.24) is 16.0 Å². The molecule has 0 radical (unpaired) electrons. The van der Waals surface area contributed by atoms with Gasteiger partial charge in [-0.25, -0.2) is 4.79 Å². The second kappa shape index (κ2) is 10.2. The quantitative estimate of drug-likeness (QED) is 0.576. The molecule has 8 heteroatoms. The summed E-state index contributed by atoms with van der Waals surface area (Å²) in [5.41, 5.74) is 1.80. The maximum Gasteiger partial charge on any atom is 0.319 e. The third kappa shape index (κ3) is 5.30. The van der Waals surface area contributed by atoms with Crippen molar-refractivity contribution >= 4 is 23.5 Å². The number of amides is 3. The zero-order valence-electron chi connectivity index (χ0n) is 17.5. The second-order valence-corrected chi connectivity index (χ2v) is 7.59. The van der Waals surface area contributed by atoms with Gasteiger partial charge in [-0.2, -0.15) is 0 Å². The van der Waals surface area contributed by atoms with Crippen molar-refractivity contribution < 1.29 is 19.1 Å². The largest absolute Gasteiger partial charge is 0.493 e. The van der Waals surface area contributed by atoms with Crippen molar-refractivity contribution in [2.45, 2.75) is 25.9 Å². The molecule has 0 aliphatic carbocycles. The molecular formula is C23H26ClN3O4. The van der Waals surface area contributed by atoms with E-state index in [2.05, 4.69) is 22.5 Å². The van der Waals surface area contributed by atoms with Gasteiger partial charge in [-0.3, -0.25) is 4.79 Å². The maximum atomic E-state index is 13.2. The van der Waals surface area contributed by atoms with E-state index in [1.54, 1.807) is 12.1 Å². The molecule has 0 bridgehead atoms. The molecule has 2 aromatic rings. The molecule has 1 saturated heterocycles. The number of nitrogens with one attached hydrogen (secondary N) is 3. The van der Waals surface area contributed by atoms with Gasteiger partial charge in [-0.15, -0.1) is 0 Å². The average molecular weight is 444 g/mol. The molecule has 0 unspecified atom stereocenters. The van der Waals surface area contributed by atoms with E-state index in [9.17, 15) is 9.59 Å². The molecule has 31 heavy (non-hydrogen) atoms. The predicted octanol–water partition coefficient (Wildman–Crippen LogP) is 3.94. The molecule has 2 atom stereocenters. The monoisotopic (exact) mass is 443 g/mol. The number of halogens is 1. The minimum atomic E-state index is -0.784. The van der Waals surface area contributed by atoms with Gasteiger partial charge in [-0.05, 0) is 18.1 Å². The molecular weight excluding hydrogens is 418 g/mol. The first kappa shape index (κ1) is 22.5. The van der Waals surface area contributed by atoms with Crippen LogP contribution < -0.4 is 25.4 Å². The smallest absolute Gasteiger partial charge is 0.319 e. The van der Waals surface area contributed by atoms with Crippen molar-refractivity contribution in [2.75, 3.05) is 13.7 Å². The fourth-order valence-electron chi connectivity index (χ4n) is 3.48. The molecule has 1 aliphatic rings. The van der Waals surface area contributed by atoms with E-state index in [1.807, 2.05) is 37.3 Å². The number of benzene rings is 2. The van der Waals surface area contributed by atoms with Crippen LogP contribution in [0, 0.1) is 5.92 Å². The fraction of sp³-hybridized carbons (Fsp3) is 0.304. The van der Waals surface area contributed by atoms with Crippen LogP contribution in [0.1, 0.15) is 30.5 Å². The van der Waals surface area contributed by atoms with Gasteiger partial charge in [0.15, 0.2) is 11.5 Å². The molecule has 0 aromatic heterocycles. The summed E-state index contributed by atoms with van der Waals surface area (Å²) in [6.45, 7) is 6.69. The van der Waals surface area contributed by atoms with Gasteiger partial charge in [0.25, 0.3) is 0 Å². The zero-order chi connectivity index (χ0) is 22.4. The zero-order valence-corrected chi connectivity index (χ0v) is 18.3. The molecule has 1 heterocycles. The topological polar surface area (TPSA) is 88.7 Å². The Hall–Kier alpha value is -3.19. The Balaban J connectivity index is 1.96. The lowest BCUT2D eigenvalue weighted by Gasteiger charge is -2.35. The molecule has 1 fully saturated rings. The predicted molar refractivity (Wildman–Crippen MR) is 119 cm³/mol. The van der Waals surface area contributed by atoms with E-state index in [0.717, 1.165) is 12.0 Å². The highest BCUT2D eigenvalue weighted by molar-refractivity contribution is 6.30. The number of hydrogen-bond acceptors (Lipinski definition) is 4. The van der Waals surface area contributed by atoms with Gasteiger partial charge in [-0.1, -0.05) is 55.4 Å². The first-order valence-corrected chi connectivity index (χ1v) is 10.4. The molecule has 164 valence electrons. The highest BCUT2D eigenvalue weighted by Gasteiger charge is 2.40. The van der Waals surface area contributed by atoms with Gasteiger partial charge in [0, 0.05) is 28.9 Å². The molecule has 0 spiro atoms. The number of carbonyl (C=O) groups excluding carboxylic acids is 2. The number of methoxy groups -OCH3 is 1. The molecule has 3 rings (SSSR count). The van der Waals surface area contributed by atoms with Crippen molar-refractivity contribution in [3.05, 3.63) is 70.9 Å². The molecule has 1 aliphatic heterocycles. The average Bonchev–Trinajstić information content (AvgIpc) is 2.76. The highest BCUT2D eigenvalue weighted by Crippen LogP contribution is 2.42. The Labute approximate surface area is 186 Å². The van der Waals surface area contributed by atoms with Crippen molar-refractivity contribution in [3.63, 3.8) is 0 Å². The normalized spacial score (nSPS) is 18.0. The summed E-state index contributed by atoms with van der Waals surface area (Å²) in [5.74, 6) is -0.201. The van der Waals surface area contributed by atoms with Crippen LogP contribution in [-0.4, -0.2) is 25.7 Å². The van der Waals surface area contributed by atoms with Crippen LogP contribution in [0.15, 0.2) is 54.7 Å². The summed E-state index contributed by atoms with van der Waals surface area (Å²) >= 11 is 6.31. The first-order valence-electron chi connectivity index (χ1n) is 10.0. The van der Waals surface area contributed by atoms with Crippen molar-refractivity contribution in [1.29, 1.82) is 0 Å². The second-order valence-electron chi connectivity index (χ2n) is 7.16. The lowest BCUT2D eigenvalue weighted by atomic mass is 9.87. The summed E-state index contributed by atoms with van der Waals surface area (Å²) in [6, 6.07) is 11.7. The summed E-state index contributed by atoms with van der Waals surface area (Å²) in [4.78, 5) is 25.4. The minimum Gasteiger partial charge on any atom is -0.493 e. The standard InChI is InChI=1S/C23H26ClN3O4/c1-4-10-31-21-17(11-16(24)12-18(21)30-3)20-19(14(2)26-23(29)27-20)22(28)25-13-15-8-6-5-7-9-15/h5-9,11-12,19-20H,2,4,10,13H2,1,3H3,(H,25,28)(H2,26,27,29)/t19-,20+/m0/s1. The SMILES string of the molecule is C=C1NC(=O)N[C@H](c2cc(Cl)cc(OC)c2OCCC)[C@H]1C(=O)NCc1ccccc1. The van der Waals surface area contributed by atoms with Crippen molar-refractivity contribution in [3.8, 4) is 11.5 Å². The van der Waals surface area contributed by atoms with Crippen molar-refractivity contribution in [2.24, 2.45) is 5.92 Å². The van der Waals surface area contributed by atoms with Gasteiger partial charge in [0.05, 0.1) is 19.8 Å². The van der Waals surface area contributed by atoms with Crippen LogP contribution in [0.5, 0.6) is 11.5 Å². The number of hydrogen-bond donors (Lipinski definition) is 3. The van der Waals surface area contributed by atoms with Crippen LogP contribution in [-0.2, 0) is 11.3 Å². The minimum absolute atomic E-state index is 0.285. The third-order valence-electron chi connectivity index (χ3n) is 4.92. The van der Waals surface area contributed by atoms with E-state index < -0.39 is 18.0 Å². The van der Waals surface area contributed by atoms with Gasteiger partial charge < -0.3 is 25.4 Å². The lowest BCUT2D eigenvalue weighted by molar-refractivity contribution is -0.125. The summed E-state index contributed by atoms with van der Waals surface area (Å²) in [6.07, 6.45) is 0.775. The Kier molecular flexibility index (Phi) is 7.41. The van der Waals surface area contributed by atoms with E-state index in [0.29, 0.717) is 40.9 Å². The Morgan fingerprint density at radius 3 is 2.68 bits per heavy atom. The van der Waals surface area contributed by atoms with Crippen LogP contribution >= 0.6 is 11.6 Å². The Bertz CT molecular complexity index is 965. The molecule has 3 N–H and O–H groups in total. The molecule has 0 saturated carbocycles. The first-order chi connectivity index (χ1) is 14.9.